The van der Waals surface area contributed by atoms with Crippen LogP contribution in [0.5, 0.6) is 0 Å². The number of rotatable bonds is 2. The van der Waals surface area contributed by atoms with Crippen molar-refractivity contribution in [3.63, 3.8) is 0 Å². The first kappa shape index (κ1) is 8.53. The van der Waals surface area contributed by atoms with Crippen molar-refractivity contribution in [1.82, 2.24) is 0 Å². The summed E-state index contributed by atoms with van der Waals surface area (Å²) >= 11 is 2.71. The van der Waals surface area contributed by atoms with Crippen LogP contribution in [-0.4, -0.2) is 21.0 Å². The zero-order valence-corrected chi connectivity index (χ0v) is 10.1. The summed E-state index contributed by atoms with van der Waals surface area (Å²) in [5, 5.41) is 2.18. The topological polar surface area (TPSA) is 0 Å². The minimum absolute atomic E-state index is 0.789. The van der Waals surface area contributed by atoms with Crippen LogP contribution < -0.4 is 3.78 Å². The van der Waals surface area contributed by atoms with Crippen LogP contribution in [-0.2, 0) is 0 Å². The number of thiophene rings is 1. The molecule has 0 atom stereocenters. The quantitative estimate of drug-likeness (QED) is 0.687. The molecule has 0 aliphatic carbocycles. The molecule has 0 amide bonds. The first-order chi connectivity index (χ1) is 4.58. The predicted octanol–water partition coefficient (Wildman–Crippen LogP) is 1.91. The van der Waals surface area contributed by atoms with Gasteiger partial charge in [0.15, 0.2) is 0 Å². The van der Waals surface area contributed by atoms with Gasteiger partial charge in [-0.25, -0.2) is 0 Å². The van der Waals surface area contributed by atoms with Gasteiger partial charge < -0.3 is 0 Å². The molecule has 0 bridgehead atoms. The molecular formula is C7H12SSeSi. The third-order valence-corrected chi connectivity index (χ3v) is 9.69. The molecule has 1 rings (SSSR count). The third-order valence-electron chi connectivity index (χ3n) is 0.902. The summed E-state index contributed by atoms with van der Waals surface area (Å²) in [7, 11) is 0. The zero-order chi connectivity index (χ0) is 7.61. The first-order valence-electron chi connectivity index (χ1n) is 3.30. The van der Waals surface area contributed by atoms with Gasteiger partial charge in [0.2, 0.25) is 0 Å². The Morgan fingerprint density at radius 1 is 1.40 bits per heavy atom. The van der Waals surface area contributed by atoms with Gasteiger partial charge in [0, 0.05) is 0 Å². The molecule has 0 aliphatic rings. The fourth-order valence-electron chi connectivity index (χ4n) is 0.623. The average molecular weight is 235 g/mol. The summed E-state index contributed by atoms with van der Waals surface area (Å²) in [6.45, 7) is 6.52. The molecule has 0 N–H and O–H groups in total. The molecule has 0 radical (unpaired) electrons. The van der Waals surface area contributed by atoms with Crippen LogP contribution in [0.2, 0.25) is 19.6 Å². The standard InChI is InChI=1S/C7H12SSeSi/c1-10(2,3)9-7-5-4-6-8-7/h4-6H,1-3H3. The maximum atomic E-state index is 2.44. The molecule has 0 spiro atoms. The van der Waals surface area contributed by atoms with E-state index in [0.717, 1.165) is 14.3 Å². The van der Waals surface area contributed by atoms with Gasteiger partial charge in [-0.15, -0.1) is 0 Å². The van der Waals surface area contributed by atoms with Crippen LogP contribution in [0.3, 0.4) is 0 Å². The molecule has 0 fully saturated rings. The second-order valence-corrected chi connectivity index (χ2v) is 19.0. The third kappa shape index (κ3) is 3.02. The molecule has 56 valence electrons. The molecule has 0 aliphatic heterocycles. The van der Waals surface area contributed by atoms with Crippen LogP contribution in [0.15, 0.2) is 17.5 Å². The molecular weight excluding hydrogens is 223 g/mol. The van der Waals surface area contributed by atoms with E-state index < -0.39 is 6.68 Å². The Morgan fingerprint density at radius 3 is 2.50 bits per heavy atom. The normalized spacial score (nSPS) is 11.9. The van der Waals surface area contributed by atoms with Crippen molar-refractivity contribution < 1.29 is 0 Å². The Kier molecular flexibility index (Phi) is 2.75. The van der Waals surface area contributed by atoms with Gasteiger partial charge in [0.25, 0.3) is 0 Å². The monoisotopic (exact) mass is 236 g/mol. The van der Waals surface area contributed by atoms with Crippen molar-refractivity contribution in [1.29, 1.82) is 0 Å². The molecule has 1 heterocycles. The van der Waals surface area contributed by atoms with E-state index in [1.165, 1.54) is 0 Å². The van der Waals surface area contributed by atoms with E-state index >= 15 is 0 Å². The Balaban J connectivity index is 2.57. The summed E-state index contributed by atoms with van der Waals surface area (Å²) in [6, 6.07) is 4.42. The van der Waals surface area contributed by atoms with E-state index in [4.69, 9.17) is 0 Å². The summed E-state index contributed by atoms with van der Waals surface area (Å²) in [4.78, 5) is 0. The van der Waals surface area contributed by atoms with E-state index in [0.29, 0.717) is 0 Å². The van der Waals surface area contributed by atoms with E-state index in [1.807, 2.05) is 11.3 Å². The summed E-state index contributed by atoms with van der Waals surface area (Å²) in [5.41, 5.74) is 0. The summed E-state index contributed by atoms with van der Waals surface area (Å²) in [5.74, 6) is 0. The van der Waals surface area contributed by atoms with Crippen LogP contribution in [0, 0.1) is 0 Å². The van der Waals surface area contributed by atoms with Gasteiger partial charge >= 0.3 is 73.3 Å². The van der Waals surface area contributed by atoms with Crippen molar-refractivity contribution in [2.45, 2.75) is 19.6 Å². The van der Waals surface area contributed by atoms with Crippen LogP contribution >= 0.6 is 11.3 Å². The fraction of sp³-hybridized carbons (Fsp3) is 0.429. The molecule has 0 aromatic carbocycles. The van der Waals surface area contributed by atoms with Crippen LogP contribution in [0.25, 0.3) is 0 Å². The van der Waals surface area contributed by atoms with Crippen molar-refractivity contribution in [3.05, 3.63) is 17.5 Å². The molecule has 1 aromatic rings. The zero-order valence-electron chi connectivity index (χ0n) is 6.55. The summed E-state index contributed by atoms with van der Waals surface area (Å²) in [6.07, 6.45) is 0. The minimum atomic E-state index is -0.789. The Hall–Kier alpha value is 0.436. The SMILES string of the molecule is C[Si](C)(C)[Se]c1cccs1. The maximum absolute atomic E-state index is 2.44. The van der Waals surface area contributed by atoms with Gasteiger partial charge in [-0.2, -0.15) is 0 Å². The van der Waals surface area contributed by atoms with E-state index in [2.05, 4.69) is 37.2 Å². The van der Waals surface area contributed by atoms with Crippen LogP contribution in [0.1, 0.15) is 0 Å². The van der Waals surface area contributed by atoms with Gasteiger partial charge in [0.1, 0.15) is 0 Å². The number of hydrogen-bond acceptors (Lipinski definition) is 1. The number of hydrogen-bond donors (Lipinski definition) is 0. The van der Waals surface area contributed by atoms with Gasteiger partial charge in [-0.1, -0.05) is 0 Å². The summed E-state index contributed by atoms with van der Waals surface area (Å²) < 4.78 is 1.62. The molecule has 1 aromatic heterocycles. The Morgan fingerprint density at radius 2 is 2.10 bits per heavy atom. The van der Waals surface area contributed by atoms with Crippen molar-refractivity contribution in [2.75, 3.05) is 0 Å². The molecule has 3 heteroatoms. The molecule has 0 saturated carbocycles. The fourth-order valence-corrected chi connectivity index (χ4v) is 11.5. The van der Waals surface area contributed by atoms with Gasteiger partial charge in [-0.3, -0.25) is 0 Å². The van der Waals surface area contributed by atoms with Crippen LogP contribution in [0.4, 0.5) is 0 Å². The second kappa shape index (κ2) is 3.22. The van der Waals surface area contributed by atoms with E-state index in [-0.39, 0.29) is 0 Å². The van der Waals surface area contributed by atoms with E-state index in [9.17, 15) is 0 Å². The van der Waals surface area contributed by atoms with E-state index in [1.54, 1.807) is 3.78 Å². The van der Waals surface area contributed by atoms with Crippen molar-refractivity contribution in [3.8, 4) is 0 Å². The second-order valence-electron chi connectivity index (χ2n) is 3.15. The molecule has 0 unspecified atom stereocenters. The molecule has 0 nitrogen and oxygen atoms in total. The molecule has 10 heavy (non-hydrogen) atoms. The Bertz CT molecular complexity index is 188. The Labute approximate surface area is 73.3 Å². The molecule has 0 saturated heterocycles. The van der Waals surface area contributed by atoms with Gasteiger partial charge in [-0.05, 0) is 0 Å². The van der Waals surface area contributed by atoms with Crippen molar-refractivity contribution >= 4 is 36.1 Å². The predicted molar refractivity (Wildman–Crippen MR) is 53.1 cm³/mol. The first-order valence-corrected chi connectivity index (χ1v) is 11.0. The van der Waals surface area contributed by atoms with Gasteiger partial charge in [0.05, 0.1) is 0 Å². The van der Waals surface area contributed by atoms with Crippen molar-refractivity contribution in [2.24, 2.45) is 0 Å². The average Bonchev–Trinajstić information content (AvgIpc) is 2.12.